The van der Waals surface area contributed by atoms with Crippen molar-refractivity contribution in [2.75, 3.05) is 0 Å². The van der Waals surface area contributed by atoms with Crippen molar-refractivity contribution < 1.29 is 19.0 Å². The molecule has 0 amide bonds. The van der Waals surface area contributed by atoms with E-state index in [9.17, 15) is 4.79 Å². The summed E-state index contributed by atoms with van der Waals surface area (Å²) < 4.78 is 17.0. The normalized spacial score (nSPS) is 11.1. The number of carbonyl (C=O) groups excluding carboxylic acids is 1. The first-order valence-electron chi connectivity index (χ1n) is 9.38. The van der Waals surface area contributed by atoms with Gasteiger partial charge in [-0.2, -0.15) is 0 Å². The third-order valence-corrected chi connectivity index (χ3v) is 3.56. The minimum Gasteiger partial charge on any atom is -0.491 e. The van der Waals surface area contributed by atoms with Gasteiger partial charge in [-0.3, -0.25) is 4.79 Å². The zero-order valence-electron chi connectivity index (χ0n) is 17.2. The van der Waals surface area contributed by atoms with Gasteiger partial charge in [-0.1, -0.05) is 6.58 Å². The van der Waals surface area contributed by atoms with Crippen molar-refractivity contribution in [2.45, 2.75) is 46.8 Å². The SMILES string of the molecule is C=C(C)Oc1ccc(C(=O)/C=C/c2cc(OC(C)C)ccc2OC(C)C)cc1. The zero-order chi connectivity index (χ0) is 20.7. The van der Waals surface area contributed by atoms with Gasteiger partial charge in [-0.15, -0.1) is 0 Å². The van der Waals surface area contributed by atoms with Crippen molar-refractivity contribution in [1.29, 1.82) is 0 Å². The van der Waals surface area contributed by atoms with E-state index in [0.29, 0.717) is 22.8 Å². The van der Waals surface area contributed by atoms with Crippen LogP contribution in [0.2, 0.25) is 0 Å². The number of hydrogen-bond donors (Lipinski definition) is 0. The van der Waals surface area contributed by atoms with Crippen LogP contribution < -0.4 is 14.2 Å². The Hall–Kier alpha value is -3.01. The lowest BCUT2D eigenvalue weighted by Crippen LogP contribution is -2.08. The van der Waals surface area contributed by atoms with Crippen LogP contribution in [0.5, 0.6) is 17.2 Å². The van der Waals surface area contributed by atoms with Gasteiger partial charge in [0.05, 0.1) is 18.0 Å². The summed E-state index contributed by atoms with van der Waals surface area (Å²) in [6.45, 7) is 13.3. The molecule has 0 radical (unpaired) electrons. The van der Waals surface area contributed by atoms with Gasteiger partial charge in [0.2, 0.25) is 0 Å². The molecule has 0 bridgehead atoms. The number of hydrogen-bond acceptors (Lipinski definition) is 4. The van der Waals surface area contributed by atoms with Crippen LogP contribution in [0.1, 0.15) is 50.5 Å². The fourth-order valence-corrected chi connectivity index (χ4v) is 2.51. The summed E-state index contributed by atoms with van der Waals surface area (Å²) in [4.78, 5) is 12.5. The second-order valence-corrected chi connectivity index (χ2v) is 7.06. The van der Waals surface area contributed by atoms with Crippen molar-refractivity contribution in [3.63, 3.8) is 0 Å². The molecule has 0 heterocycles. The Morgan fingerprint density at radius 1 is 0.929 bits per heavy atom. The van der Waals surface area contributed by atoms with Crippen molar-refractivity contribution >= 4 is 11.9 Å². The van der Waals surface area contributed by atoms with Gasteiger partial charge in [-0.25, -0.2) is 0 Å². The molecule has 0 atom stereocenters. The molecule has 28 heavy (non-hydrogen) atoms. The van der Waals surface area contributed by atoms with Gasteiger partial charge in [-0.05, 0) is 89.2 Å². The molecule has 2 rings (SSSR count). The fraction of sp³-hybridized carbons (Fsp3) is 0.292. The fourth-order valence-electron chi connectivity index (χ4n) is 2.51. The van der Waals surface area contributed by atoms with Crippen LogP contribution in [0.4, 0.5) is 0 Å². The van der Waals surface area contributed by atoms with Crippen LogP contribution in [-0.4, -0.2) is 18.0 Å². The number of rotatable bonds is 9. The van der Waals surface area contributed by atoms with Crippen LogP contribution in [0.25, 0.3) is 6.08 Å². The van der Waals surface area contributed by atoms with Crippen molar-refractivity contribution in [3.05, 3.63) is 72.0 Å². The first-order valence-corrected chi connectivity index (χ1v) is 9.38. The van der Waals surface area contributed by atoms with Gasteiger partial charge in [0.25, 0.3) is 0 Å². The van der Waals surface area contributed by atoms with Crippen LogP contribution in [0.15, 0.2) is 60.9 Å². The first kappa shape index (κ1) is 21.3. The number of benzene rings is 2. The highest BCUT2D eigenvalue weighted by Crippen LogP contribution is 2.27. The molecule has 0 fully saturated rings. The monoisotopic (exact) mass is 380 g/mol. The maximum atomic E-state index is 12.5. The van der Waals surface area contributed by atoms with E-state index in [4.69, 9.17) is 14.2 Å². The smallest absolute Gasteiger partial charge is 0.185 e. The summed E-state index contributed by atoms with van der Waals surface area (Å²) in [6.07, 6.45) is 3.39. The predicted octanol–water partition coefficient (Wildman–Crippen LogP) is 6.07. The molecule has 4 nitrogen and oxygen atoms in total. The molecule has 0 aromatic heterocycles. The Labute approximate surface area is 167 Å². The molecule has 0 aliphatic rings. The highest BCUT2D eigenvalue weighted by molar-refractivity contribution is 6.07. The third-order valence-electron chi connectivity index (χ3n) is 3.56. The predicted molar refractivity (Wildman–Crippen MR) is 113 cm³/mol. The van der Waals surface area contributed by atoms with Gasteiger partial charge in [0.1, 0.15) is 17.2 Å². The molecule has 0 saturated heterocycles. The van der Waals surface area contributed by atoms with E-state index in [1.54, 1.807) is 37.3 Å². The minimum atomic E-state index is -0.104. The second-order valence-electron chi connectivity index (χ2n) is 7.06. The maximum Gasteiger partial charge on any atom is 0.185 e. The standard InChI is InChI=1S/C24H28O4/c1-16(2)26-21-10-7-19(8-11-21)23(25)13-9-20-15-22(27-17(3)4)12-14-24(20)28-18(5)6/h7-15,17-18H,1H2,2-6H3/b13-9+. The van der Waals surface area contributed by atoms with E-state index >= 15 is 0 Å². The highest BCUT2D eigenvalue weighted by atomic mass is 16.5. The Kier molecular flexibility index (Phi) is 7.44. The van der Waals surface area contributed by atoms with E-state index in [1.807, 2.05) is 45.9 Å². The Balaban J connectivity index is 2.22. The van der Waals surface area contributed by atoms with E-state index in [1.165, 1.54) is 6.08 Å². The lowest BCUT2D eigenvalue weighted by atomic mass is 10.1. The summed E-state index contributed by atoms with van der Waals surface area (Å²) >= 11 is 0. The molecule has 0 unspecified atom stereocenters. The van der Waals surface area contributed by atoms with Gasteiger partial charge in [0, 0.05) is 11.1 Å². The number of carbonyl (C=O) groups is 1. The van der Waals surface area contributed by atoms with Gasteiger partial charge in [0.15, 0.2) is 5.78 Å². The Morgan fingerprint density at radius 2 is 1.54 bits per heavy atom. The summed E-state index contributed by atoms with van der Waals surface area (Å²) in [7, 11) is 0. The molecule has 2 aromatic rings. The number of ether oxygens (including phenoxy) is 3. The summed E-state index contributed by atoms with van der Waals surface area (Å²) in [6, 6.07) is 12.6. The first-order chi connectivity index (χ1) is 13.2. The summed E-state index contributed by atoms with van der Waals surface area (Å²) in [5, 5.41) is 0. The Morgan fingerprint density at radius 3 is 2.11 bits per heavy atom. The van der Waals surface area contributed by atoms with Crippen LogP contribution in [0, 0.1) is 0 Å². The van der Waals surface area contributed by atoms with Crippen molar-refractivity contribution in [1.82, 2.24) is 0 Å². The van der Waals surface area contributed by atoms with E-state index < -0.39 is 0 Å². The lowest BCUT2D eigenvalue weighted by molar-refractivity contribution is 0.104. The second kappa shape index (κ2) is 9.79. The van der Waals surface area contributed by atoms with Crippen LogP contribution in [0.3, 0.4) is 0 Å². The summed E-state index contributed by atoms with van der Waals surface area (Å²) in [5.74, 6) is 2.59. The quantitative estimate of drug-likeness (QED) is 0.301. The third kappa shape index (κ3) is 6.62. The maximum absolute atomic E-state index is 12.5. The molecule has 0 aliphatic heterocycles. The van der Waals surface area contributed by atoms with E-state index in [2.05, 4.69) is 6.58 Å². The lowest BCUT2D eigenvalue weighted by Gasteiger charge is -2.15. The van der Waals surface area contributed by atoms with Gasteiger partial charge >= 0.3 is 0 Å². The minimum absolute atomic E-state index is 0.0283. The molecule has 0 aliphatic carbocycles. The Bertz CT molecular complexity index is 845. The highest BCUT2D eigenvalue weighted by Gasteiger charge is 2.08. The molecular formula is C24H28O4. The molecule has 0 saturated carbocycles. The van der Waals surface area contributed by atoms with Crippen LogP contribution in [-0.2, 0) is 0 Å². The van der Waals surface area contributed by atoms with Gasteiger partial charge < -0.3 is 14.2 Å². The van der Waals surface area contributed by atoms with Crippen LogP contribution >= 0.6 is 0 Å². The summed E-state index contributed by atoms with van der Waals surface area (Å²) in [5.41, 5.74) is 1.37. The number of allylic oxidation sites excluding steroid dienone is 2. The molecule has 4 heteroatoms. The largest absolute Gasteiger partial charge is 0.491 e. The number of ketones is 1. The zero-order valence-corrected chi connectivity index (χ0v) is 17.2. The average Bonchev–Trinajstić information content (AvgIpc) is 2.60. The molecule has 0 spiro atoms. The molecule has 148 valence electrons. The van der Waals surface area contributed by atoms with E-state index in [0.717, 1.165) is 11.3 Å². The topological polar surface area (TPSA) is 44.8 Å². The van der Waals surface area contributed by atoms with E-state index in [-0.39, 0.29) is 18.0 Å². The molecular weight excluding hydrogens is 352 g/mol. The van der Waals surface area contributed by atoms with Crippen molar-refractivity contribution in [3.8, 4) is 17.2 Å². The average molecular weight is 380 g/mol. The van der Waals surface area contributed by atoms with Crippen molar-refractivity contribution in [2.24, 2.45) is 0 Å². The molecule has 0 N–H and O–H groups in total. The molecule has 2 aromatic carbocycles.